The second-order valence-electron chi connectivity index (χ2n) is 8.18. The van der Waals surface area contributed by atoms with Crippen LogP contribution in [0.5, 0.6) is 11.5 Å². The van der Waals surface area contributed by atoms with Gasteiger partial charge in [0.1, 0.15) is 11.5 Å². The van der Waals surface area contributed by atoms with Gasteiger partial charge in [0.05, 0.1) is 25.4 Å². The molecule has 0 aliphatic carbocycles. The average Bonchev–Trinajstić information content (AvgIpc) is 3.59. The van der Waals surface area contributed by atoms with Crippen LogP contribution < -0.4 is 14.2 Å². The number of hydrogen-bond acceptors (Lipinski definition) is 8. The highest BCUT2D eigenvalue weighted by molar-refractivity contribution is 7.92. The number of halogens is 1. The molecule has 0 spiro atoms. The monoisotopic (exact) mass is 535 g/mol. The van der Waals surface area contributed by atoms with Crippen LogP contribution in [0.25, 0.3) is 23.0 Å². The lowest BCUT2D eigenvalue weighted by molar-refractivity contribution is 0.355. The predicted octanol–water partition coefficient (Wildman–Crippen LogP) is 4.61. The normalized spacial score (nSPS) is 11.3. The summed E-state index contributed by atoms with van der Waals surface area (Å²) < 4.78 is 58.7. The molecular formula is C26H22FN5O5S. The fourth-order valence-corrected chi connectivity index (χ4v) is 4.80. The minimum absolute atomic E-state index is 0.150. The molecule has 3 aromatic carbocycles. The highest BCUT2D eigenvalue weighted by Crippen LogP contribution is 2.32. The Morgan fingerprint density at radius 1 is 1.00 bits per heavy atom. The number of ether oxygens (including phenoxy) is 2. The minimum atomic E-state index is -3.90. The van der Waals surface area contributed by atoms with Gasteiger partial charge in [0.2, 0.25) is 5.82 Å². The van der Waals surface area contributed by atoms with Gasteiger partial charge < -0.3 is 18.6 Å². The van der Waals surface area contributed by atoms with Gasteiger partial charge in [-0.2, -0.15) is 4.98 Å². The summed E-state index contributed by atoms with van der Waals surface area (Å²) in [5.74, 6) is 1.16. The summed E-state index contributed by atoms with van der Waals surface area (Å²) in [5, 5.41) is 4.04. The Labute approximate surface area is 217 Å². The molecule has 10 nitrogen and oxygen atoms in total. The van der Waals surface area contributed by atoms with Gasteiger partial charge >= 0.3 is 0 Å². The topological polar surface area (TPSA) is 121 Å². The molecule has 2 aromatic heterocycles. The molecule has 0 radical (unpaired) electrons. The number of nitrogens with zero attached hydrogens (tertiary/aromatic N) is 4. The number of benzene rings is 3. The maximum absolute atomic E-state index is 13.4. The summed E-state index contributed by atoms with van der Waals surface area (Å²) in [7, 11) is -0.791. The van der Waals surface area contributed by atoms with Crippen molar-refractivity contribution in [2.24, 2.45) is 0 Å². The zero-order valence-corrected chi connectivity index (χ0v) is 21.1. The molecule has 0 aliphatic rings. The number of aromatic nitrogens is 4. The van der Waals surface area contributed by atoms with Crippen LogP contribution in [0.1, 0.15) is 5.56 Å². The summed E-state index contributed by atoms with van der Waals surface area (Å²) in [4.78, 5) is 8.65. The third-order valence-electron chi connectivity index (χ3n) is 5.60. The Hall–Kier alpha value is -4.71. The minimum Gasteiger partial charge on any atom is -0.493 e. The molecule has 12 heteroatoms. The molecule has 2 heterocycles. The number of rotatable bonds is 9. The Morgan fingerprint density at radius 2 is 1.79 bits per heavy atom. The summed E-state index contributed by atoms with van der Waals surface area (Å²) in [6.07, 6.45) is 3.41. The Kier molecular flexibility index (Phi) is 6.79. The van der Waals surface area contributed by atoms with E-state index >= 15 is 0 Å². The zero-order chi connectivity index (χ0) is 26.7. The number of methoxy groups -OCH3 is 2. The molecule has 5 rings (SSSR count). The van der Waals surface area contributed by atoms with E-state index in [9.17, 15) is 12.8 Å². The fourth-order valence-electron chi connectivity index (χ4n) is 3.71. The first-order chi connectivity index (χ1) is 18.3. The first kappa shape index (κ1) is 25.0. The molecule has 0 saturated carbocycles. The Morgan fingerprint density at radius 3 is 2.53 bits per heavy atom. The second-order valence-corrected chi connectivity index (χ2v) is 9.87. The first-order valence-corrected chi connectivity index (χ1v) is 12.8. The van der Waals surface area contributed by atoms with Crippen LogP contribution in [0.15, 0.2) is 88.7 Å². The Balaban J connectivity index is 1.26. The standard InChI is InChI=1S/C26H22FN5O5S/c1-35-23-11-8-18(12-24(23)36-2)25-29-26(37-30-25)22-15-32(16-28-22)14-17-6-9-20(10-7-17)31-38(33,34)21-5-3-4-19(27)13-21/h3-13,15-16,31H,14H2,1-2H3. The maximum Gasteiger partial charge on any atom is 0.278 e. The van der Waals surface area contributed by atoms with E-state index in [-0.39, 0.29) is 10.8 Å². The number of nitrogens with one attached hydrogen (secondary N) is 1. The van der Waals surface area contributed by atoms with Crippen LogP contribution in [0.4, 0.5) is 10.1 Å². The van der Waals surface area contributed by atoms with Gasteiger partial charge in [-0.3, -0.25) is 4.72 Å². The van der Waals surface area contributed by atoms with Crippen molar-refractivity contribution in [1.82, 2.24) is 19.7 Å². The molecule has 0 bridgehead atoms. The van der Waals surface area contributed by atoms with Crippen LogP contribution in [0.2, 0.25) is 0 Å². The lowest BCUT2D eigenvalue weighted by atomic mass is 10.2. The van der Waals surface area contributed by atoms with Gasteiger partial charge in [-0.1, -0.05) is 23.4 Å². The van der Waals surface area contributed by atoms with Crippen molar-refractivity contribution in [2.75, 3.05) is 18.9 Å². The van der Waals surface area contributed by atoms with E-state index in [0.29, 0.717) is 40.8 Å². The molecule has 0 aliphatic heterocycles. The second kappa shape index (κ2) is 10.3. The maximum atomic E-state index is 13.4. The van der Waals surface area contributed by atoms with Crippen molar-refractivity contribution >= 4 is 15.7 Å². The fraction of sp³-hybridized carbons (Fsp3) is 0.115. The van der Waals surface area contributed by atoms with Crippen LogP contribution in [-0.2, 0) is 16.6 Å². The molecule has 0 fully saturated rings. The largest absolute Gasteiger partial charge is 0.493 e. The molecule has 0 saturated heterocycles. The smallest absolute Gasteiger partial charge is 0.278 e. The third kappa shape index (κ3) is 5.34. The van der Waals surface area contributed by atoms with Gasteiger partial charge in [-0.15, -0.1) is 0 Å². The predicted molar refractivity (Wildman–Crippen MR) is 137 cm³/mol. The zero-order valence-electron chi connectivity index (χ0n) is 20.3. The SMILES string of the molecule is COc1ccc(-c2noc(-c3cn(Cc4ccc(NS(=O)(=O)c5cccc(F)c5)cc4)cn3)n2)cc1OC. The van der Waals surface area contributed by atoms with Crippen LogP contribution >= 0.6 is 0 Å². The van der Waals surface area contributed by atoms with Crippen molar-refractivity contribution in [3.63, 3.8) is 0 Å². The van der Waals surface area contributed by atoms with E-state index < -0.39 is 15.8 Å². The van der Waals surface area contributed by atoms with Gasteiger partial charge in [-0.05, 0) is 54.1 Å². The van der Waals surface area contributed by atoms with Gasteiger partial charge in [-0.25, -0.2) is 17.8 Å². The molecular weight excluding hydrogens is 513 g/mol. The van der Waals surface area contributed by atoms with Gasteiger partial charge in [0.25, 0.3) is 15.9 Å². The third-order valence-corrected chi connectivity index (χ3v) is 6.98. The van der Waals surface area contributed by atoms with Crippen molar-refractivity contribution in [2.45, 2.75) is 11.4 Å². The molecule has 5 aromatic rings. The van der Waals surface area contributed by atoms with E-state index in [4.69, 9.17) is 14.0 Å². The summed E-state index contributed by atoms with van der Waals surface area (Å²) in [6.45, 7) is 0.473. The summed E-state index contributed by atoms with van der Waals surface area (Å²) in [5.41, 5.74) is 2.46. The van der Waals surface area contributed by atoms with Crippen molar-refractivity contribution in [3.05, 3.63) is 90.6 Å². The molecule has 38 heavy (non-hydrogen) atoms. The van der Waals surface area contributed by atoms with Gasteiger partial charge in [0.15, 0.2) is 11.5 Å². The van der Waals surface area contributed by atoms with E-state index in [1.54, 1.807) is 69.2 Å². The van der Waals surface area contributed by atoms with Crippen molar-refractivity contribution in [1.29, 1.82) is 0 Å². The molecule has 0 amide bonds. The van der Waals surface area contributed by atoms with Gasteiger partial charge in [0, 0.05) is 24.0 Å². The number of sulfonamides is 1. The highest BCUT2D eigenvalue weighted by Gasteiger charge is 2.16. The number of anilines is 1. The van der Waals surface area contributed by atoms with E-state index in [2.05, 4.69) is 19.8 Å². The van der Waals surface area contributed by atoms with Crippen LogP contribution in [0, 0.1) is 5.82 Å². The molecule has 0 atom stereocenters. The first-order valence-electron chi connectivity index (χ1n) is 11.3. The van der Waals surface area contributed by atoms with E-state index in [0.717, 1.165) is 11.6 Å². The molecule has 194 valence electrons. The Bertz CT molecular complexity index is 1680. The summed E-state index contributed by atoms with van der Waals surface area (Å²) in [6, 6.07) is 17.0. The van der Waals surface area contributed by atoms with E-state index in [1.165, 1.54) is 18.2 Å². The number of imidazole rings is 1. The molecule has 0 unspecified atom stereocenters. The van der Waals surface area contributed by atoms with Crippen LogP contribution in [-0.4, -0.2) is 42.3 Å². The average molecular weight is 536 g/mol. The number of hydrogen-bond donors (Lipinski definition) is 1. The van der Waals surface area contributed by atoms with Crippen molar-refractivity contribution < 1.29 is 26.8 Å². The van der Waals surface area contributed by atoms with Crippen LogP contribution in [0.3, 0.4) is 0 Å². The highest BCUT2D eigenvalue weighted by atomic mass is 32.2. The van der Waals surface area contributed by atoms with Crippen molar-refractivity contribution in [3.8, 4) is 34.5 Å². The van der Waals surface area contributed by atoms with E-state index in [1.807, 2.05) is 4.57 Å². The lowest BCUT2D eigenvalue weighted by Crippen LogP contribution is -2.13. The lowest BCUT2D eigenvalue weighted by Gasteiger charge is -2.09. The molecule has 1 N–H and O–H groups in total. The quantitative estimate of drug-likeness (QED) is 0.291. The summed E-state index contributed by atoms with van der Waals surface area (Å²) >= 11 is 0.